The number of halogens is 1. The molecule has 0 aliphatic heterocycles. The van der Waals surface area contributed by atoms with E-state index in [9.17, 15) is 5.11 Å². The molecular weight excluding hydrogens is 324 g/mol. The summed E-state index contributed by atoms with van der Waals surface area (Å²) in [6.45, 7) is 6.49. The molecular formula is C19H21ClN2O2. The molecule has 0 unspecified atom stereocenters. The summed E-state index contributed by atoms with van der Waals surface area (Å²) in [7, 11) is 0. The average Bonchev–Trinajstić information content (AvgIpc) is 2.86. The van der Waals surface area contributed by atoms with Gasteiger partial charge in [-0.05, 0) is 56.2 Å². The van der Waals surface area contributed by atoms with Gasteiger partial charge in [-0.2, -0.15) is 0 Å². The minimum absolute atomic E-state index is 0.215. The number of fused-ring (bicyclic) bond motifs is 1. The molecule has 2 aromatic carbocycles. The highest BCUT2D eigenvalue weighted by Gasteiger charge is 2.13. The Labute approximate surface area is 146 Å². The van der Waals surface area contributed by atoms with Crippen LogP contribution in [-0.4, -0.2) is 27.4 Å². The third kappa shape index (κ3) is 3.40. The SMILES string of the molecule is Cc1cc(OC[C@H](O)Cn2c(C)nc3ccccc32)cc(C)c1Cl. The van der Waals surface area contributed by atoms with Crippen LogP contribution in [-0.2, 0) is 6.54 Å². The Morgan fingerprint density at radius 1 is 1.17 bits per heavy atom. The number of benzene rings is 2. The highest BCUT2D eigenvalue weighted by atomic mass is 35.5. The van der Waals surface area contributed by atoms with Crippen LogP contribution in [0.2, 0.25) is 5.02 Å². The summed E-state index contributed by atoms with van der Waals surface area (Å²) >= 11 is 6.16. The van der Waals surface area contributed by atoms with Crippen molar-refractivity contribution in [3.05, 3.63) is 58.4 Å². The second-order valence-electron chi connectivity index (χ2n) is 6.09. The van der Waals surface area contributed by atoms with E-state index >= 15 is 0 Å². The first-order chi connectivity index (χ1) is 11.5. The van der Waals surface area contributed by atoms with Gasteiger partial charge in [-0.1, -0.05) is 23.7 Å². The second-order valence-corrected chi connectivity index (χ2v) is 6.47. The summed E-state index contributed by atoms with van der Waals surface area (Å²) in [5.41, 5.74) is 3.90. The predicted molar refractivity (Wildman–Crippen MR) is 96.9 cm³/mol. The van der Waals surface area contributed by atoms with Crippen LogP contribution in [0, 0.1) is 20.8 Å². The van der Waals surface area contributed by atoms with Crippen LogP contribution in [0.5, 0.6) is 5.75 Å². The van der Waals surface area contributed by atoms with Gasteiger partial charge in [0.05, 0.1) is 17.6 Å². The van der Waals surface area contributed by atoms with E-state index in [1.807, 2.05) is 61.7 Å². The normalized spacial score (nSPS) is 12.5. The summed E-state index contributed by atoms with van der Waals surface area (Å²) < 4.78 is 7.76. The van der Waals surface area contributed by atoms with Gasteiger partial charge in [0.2, 0.25) is 0 Å². The number of hydrogen-bond acceptors (Lipinski definition) is 3. The fourth-order valence-electron chi connectivity index (χ4n) is 2.87. The van der Waals surface area contributed by atoms with E-state index in [0.717, 1.165) is 38.8 Å². The molecule has 24 heavy (non-hydrogen) atoms. The quantitative estimate of drug-likeness (QED) is 0.759. The van der Waals surface area contributed by atoms with Crippen LogP contribution in [0.4, 0.5) is 0 Å². The molecule has 5 heteroatoms. The lowest BCUT2D eigenvalue weighted by molar-refractivity contribution is 0.0929. The fraction of sp³-hybridized carbons (Fsp3) is 0.316. The molecule has 0 saturated carbocycles. The minimum atomic E-state index is -0.627. The molecule has 0 radical (unpaired) electrons. The Hall–Kier alpha value is -2.04. The van der Waals surface area contributed by atoms with Gasteiger partial charge >= 0.3 is 0 Å². The zero-order chi connectivity index (χ0) is 17.3. The molecule has 0 aliphatic carbocycles. The van der Waals surface area contributed by atoms with Crippen molar-refractivity contribution >= 4 is 22.6 Å². The smallest absolute Gasteiger partial charge is 0.120 e. The average molecular weight is 345 g/mol. The van der Waals surface area contributed by atoms with Crippen molar-refractivity contribution in [3.8, 4) is 5.75 Å². The second kappa shape index (κ2) is 6.83. The number of aliphatic hydroxyl groups is 1. The zero-order valence-electron chi connectivity index (χ0n) is 14.1. The molecule has 1 heterocycles. The number of hydrogen-bond donors (Lipinski definition) is 1. The Morgan fingerprint density at radius 2 is 1.83 bits per heavy atom. The number of para-hydroxylation sites is 2. The Bertz CT molecular complexity index is 850. The van der Waals surface area contributed by atoms with Gasteiger partial charge in [0, 0.05) is 5.02 Å². The number of aromatic nitrogens is 2. The lowest BCUT2D eigenvalue weighted by Crippen LogP contribution is -2.24. The molecule has 126 valence electrons. The van der Waals surface area contributed by atoms with Crippen LogP contribution < -0.4 is 4.74 Å². The molecule has 0 bridgehead atoms. The summed E-state index contributed by atoms with van der Waals surface area (Å²) in [5.74, 6) is 1.61. The molecule has 0 aliphatic rings. The van der Waals surface area contributed by atoms with E-state index in [4.69, 9.17) is 16.3 Å². The van der Waals surface area contributed by atoms with Crippen molar-refractivity contribution in [2.45, 2.75) is 33.4 Å². The fourth-order valence-corrected chi connectivity index (χ4v) is 2.98. The van der Waals surface area contributed by atoms with Crippen LogP contribution in [0.3, 0.4) is 0 Å². The number of nitrogens with zero attached hydrogens (tertiary/aromatic N) is 2. The third-order valence-corrected chi connectivity index (χ3v) is 4.69. The molecule has 0 saturated heterocycles. The monoisotopic (exact) mass is 344 g/mol. The molecule has 1 atom stereocenters. The van der Waals surface area contributed by atoms with E-state index in [0.29, 0.717) is 6.54 Å². The van der Waals surface area contributed by atoms with Crippen LogP contribution in [0.15, 0.2) is 36.4 Å². The third-order valence-electron chi connectivity index (χ3n) is 4.09. The summed E-state index contributed by atoms with van der Waals surface area (Å²) in [6.07, 6.45) is -0.627. The lowest BCUT2D eigenvalue weighted by Gasteiger charge is -2.16. The maximum Gasteiger partial charge on any atom is 0.120 e. The molecule has 1 aromatic heterocycles. The maximum absolute atomic E-state index is 10.4. The Morgan fingerprint density at radius 3 is 2.54 bits per heavy atom. The molecule has 0 spiro atoms. The number of ether oxygens (including phenoxy) is 1. The van der Waals surface area contributed by atoms with E-state index in [-0.39, 0.29) is 6.61 Å². The van der Waals surface area contributed by atoms with Gasteiger partial charge in [0.15, 0.2) is 0 Å². The van der Waals surface area contributed by atoms with Crippen molar-refractivity contribution in [1.29, 1.82) is 0 Å². The first kappa shape index (κ1) is 16.8. The van der Waals surface area contributed by atoms with Crippen molar-refractivity contribution in [2.24, 2.45) is 0 Å². The van der Waals surface area contributed by atoms with Crippen LogP contribution >= 0.6 is 11.6 Å². The van der Waals surface area contributed by atoms with Gasteiger partial charge in [-0.15, -0.1) is 0 Å². The van der Waals surface area contributed by atoms with Gasteiger partial charge in [0.1, 0.15) is 24.3 Å². The van der Waals surface area contributed by atoms with E-state index in [1.54, 1.807) is 0 Å². The van der Waals surface area contributed by atoms with Gasteiger partial charge in [-0.25, -0.2) is 4.98 Å². The van der Waals surface area contributed by atoms with Crippen molar-refractivity contribution in [1.82, 2.24) is 9.55 Å². The number of rotatable bonds is 5. The first-order valence-electron chi connectivity index (χ1n) is 7.95. The first-order valence-corrected chi connectivity index (χ1v) is 8.33. The van der Waals surface area contributed by atoms with E-state index < -0.39 is 6.10 Å². The number of aliphatic hydroxyl groups excluding tert-OH is 1. The molecule has 1 N–H and O–H groups in total. The maximum atomic E-state index is 10.4. The Kier molecular flexibility index (Phi) is 4.78. The van der Waals surface area contributed by atoms with Crippen molar-refractivity contribution < 1.29 is 9.84 Å². The summed E-state index contributed by atoms with van der Waals surface area (Å²) in [5, 5.41) is 11.1. The molecule has 4 nitrogen and oxygen atoms in total. The van der Waals surface area contributed by atoms with Crippen molar-refractivity contribution in [2.75, 3.05) is 6.61 Å². The van der Waals surface area contributed by atoms with E-state index in [2.05, 4.69) is 4.98 Å². The zero-order valence-corrected chi connectivity index (χ0v) is 14.8. The number of imidazole rings is 1. The van der Waals surface area contributed by atoms with Crippen LogP contribution in [0.25, 0.3) is 11.0 Å². The highest BCUT2D eigenvalue weighted by molar-refractivity contribution is 6.32. The van der Waals surface area contributed by atoms with Gasteiger partial charge < -0.3 is 14.4 Å². The summed E-state index contributed by atoms with van der Waals surface area (Å²) in [6, 6.07) is 11.7. The van der Waals surface area contributed by atoms with Gasteiger partial charge in [0.25, 0.3) is 0 Å². The predicted octanol–water partition coefficient (Wildman–Crippen LogP) is 4.05. The summed E-state index contributed by atoms with van der Waals surface area (Å²) in [4.78, 5) is 4.51. The largest absolute Gasteiger partial charge is 0.491 e. The van der Waals surface area contributed by atoms with E-state index in [1.165, 1.54) is 0 Å². The topological polar surface area (TPSA) is 47.3 Å². The molecule has 3 aromatic rings. The molecule has 0 fully saturated rings. The molecule has 0 amide bonds. The highest BCUT2D eigenvalue weighted by Crippen LogP contribution is 2.26. The lowest BCUT2D eigenvalue weighted by atomic mass is 10.1. The standard InChI is InChI=1S/C19H21ClN2O2/c1-12-8-16(9-13(2)19(12)20)24-11-15(23)10-22-14(3)21-17-6-4-5-7-18(17)22/h4-9,15,23H,10-11H2,1-3H3/t15-/m1/s1. The Balaban J connectivity index is 1.69. The number of aryl methyl sites for hydroxylation is 3. The van der Waals surface area contributed by atoms with Gasteiger partial charge in [-0.3, -0.25) is 0 Å². The molecule has 3 rings (SSSR count). The van der Waals surface area contributed by atoms with Crippen LogP contribution in [0.1, 0.15) is 17.0 Å². The minimum Gasteiger partial charge on any atom is -0.491 e. The van der Waals surface area contributed by atoms with Crippen molar-refractivity contribution in [3.63, 3.8) is 0 Å².